The molecule has 0 bridgehead atoms. The minimum absolute atomic E-state index is 0.0763. The molecule has 1 unspecified atom stereocenters. The third kappa shape index (κ3) is 9.08. The van der Waals surface area contributed by atoms with Gasteiger partial charge in [-0.1, -0.05) is 0 Å². The van der Waals surface area contributed by atoms with Crippen LogP contribution in [0.3, 0.4) is 0 Å². The predicted octanol–water partition coefficient (Wildman–Crippen LogP) is 1.61. The highest BCUT2D eigenvalue weighted by atomic mass is 16.6. The van der Waals surface area contributed by atoms with Crippen LogP contribution in [0.2, 0.25) is 0 Å². The van der Waals surface area contributed by atoms with Crippen molar-refractivity contribution < 1.29 is 24.5 Å². The van der Waals surface area contributed by atoms with E-state index in [1.54, 1.807) is 41.7 Å². The highest BCUT2D eigenvalue weighted by Crippen LogP contribution is 2.19. The maximum Gasteiger partial charge on any atom is 0.410 e. The van der Waals surface area contributed by atoms with Crippen molar-refractivity contribution in [1.29, 1.82) is 0 Å². The summed E-state index contributed by atoms with van der Waals surface area (Å²) in [5.41, 5.74) is -1.77. The zero-order chi connectivity index (χ0) is 19.1. The Balaban J connectivity index is 5.15. The third-order valence-electron chi connectivity index (χ3n) is 3.40. The Labute approximate surface area is 145 Å². The van der Waals surface area contributed by atoms with Gasteiger partial charge in [-0.25, -0.2) is 4.79 Å². The lowest BCUT2D eigenvalue weighted by Crippen LogP contribution is -2.52. The number of hydrogen-bond donors (Lipinski definition) is 2. The first kappa shape index (κ1) is 22.7. The van der Waals surface area contributed by atoms with Gasteiger partial charge in [0.05, 0.1) is 5.60 Å². The Kier molecular flexibility index (Phi) is 8.71. The molecule has 0 spiro atoms. The van der Waals surface area contributed by atoms with Gasteiger partial charge in [-0.15, -0.1) is 0 Å². The van der Waals surface area contributed by atoms with Crippen LogP contribution < -0.4 is 0 Å². The molecule has 2 amide bonds. The molecule has 0 aromatic carbocycles. The zero-order valence-electron chi connectivity index (χ0n) is 16.1. The molecule has 0 fully saturated rings. The van der Waals surface area contributed by atoms with E-state index in [1.165, 1.54) is 16.8 Å². The summed E-state index contributed by atoms with van der Waals surface area (Å²) in [6.45, 7) is 9.02. The van der Waals surface area contributed by atoms with Crippen molar-refractivity contribution >= 4 is 12.0 Å². The number of aliphatic hydroxyl groups is 2. The van der Waals surface area contributed by atoms with E-state index >= 15 is 0 Å². The molecule has 7 nitrogen and oxygen atoms in total. The fourth-order valence-corrected chi connectivity index (χ4v) is 2.15. The molecule has 0 radical (unpaired) electrons. The van der Waals surface area contributed by atoms with Gasteiger partial charge < -0.3 is 19.8 Å². The van der Waals surface area contributed by atoms with E-state index in [2.05, 4.69) is 0 Å². The van der Waals surface area contributed by atoms with Crippen molar-refractivity contribution in [2.24, 2.45) is 0 Å². The number of aliphatic hydroxyl groups excluding tert-OH is 1. The van der Waals surface area contributed by atoms with Crippen molar-refractivity contribution in [3.8, 4) is 0 Å². The van der Waals surface area contributed by atoms with Crippen molar-refractivity contribution in [3.63, 3.8) is 0 Å². The number of likely N-dealkylation sites (N-methyl/N-ethyl adjacent to an activating group) is 2. The minimum Gasteiger partial charge on any atom is -0.444 e. The predicted molar refractivity (Wildman–Crippen MR) is 92.7 cm³/mol. The van der Waals surface area contributed by atoms with Crippen LogP contribution in [0.25, 0.3) is 0 Å². The molecule has 0 aliphatic carbocycles. The van der Waals surface area contributed by atoms with Crippen LogP contribution in [0.5, 0.6) is 0 Å². The number of rotatable bonds is 8. The van der Waals surface area contributed by atoms with Crippen molar-refractivity contribution in [3.05, 3.63) is 0 Å². The summed E-state index contributed by atoms with van der Waals surface area (Å²) in [6, 6.07) is -0.820. The first-order valence-corrected chi connectivity index (χ1v) is 8.32. The second kappa shape index (κ2) is 9.22. The minimum atomic E-state index is -1.11. The number of carbonyl (C=O) groups excluding carboxylic acids is 2. The molecule has 0 aromatic heterocycles. The topological polar surface area (TPSA) is 90.3 Å². The summed E-state index contributed by atoms with van der Waals surface area (Å²) in [5, 5.41) is 19.0. The van der Waals surface area contributed by atoms with Gasteiger partial charge in [0, 0.05) is 33.7 Å². The standard InChI is InChI=1S/C17H34N2O5/c1-16(2,3)24-15(22)19(7)13(12-17(4,5)23)14(21)18(6)10-8-9-11-20/h13,20,23H,8-12H2,1-7H3. The maximum atomic E-state index is 12.7. The molecule has 0 saturated heterocycles. The van der Waals surface area contributed by atoms with Gasteiger partial charge in [0.1, 0.15) is 11.6 Å². The Morgan fingerprint density at radius 3 is 2.04 bits per heavy atom. The van der Waals surface area contributed by atoms with Gasteiger partial charge in [-0.2, -0.15) is 0 Å². The maximum absolute atomic E-state index is 12.7. The van der Waals surface area contributed by atoms with E-state index in [4.69, 9.17) is 9.84 Å². The highest BCUT2D eigenvalue weighted by molar-refractivity contribution is 5.85. The molecule has 0 saturated carbocycles. The quantitative estimate of drug-likeness (QED) is 0.652. The highest BCUT2D eigenvalue weighted by Gasteiger charge is 2.35. The summed E-state index contributed by atoms with van der Waals surface area (Å²) in [6.07, 6.45) is 0.778. The molecule has 24 heavy (non-hydrogen) atoms. The zero-order valence-corrected chi connectivity index (χ0v) is 16.1. The summed E-state index contributed by atoms with van der Waals surface area (Å²) in [5.74, 6) is -0.261. The summed E-state index contributed by atoms with van der Waals surface area (Å²) in [4.78, 5) is 27.8. The number of unbranched alkanes of at least 4 members (excludes halogenated alkanes) is 1. The van der Waals surface area contributed by atoms with Crippen LogP contribution in [0.15, 0.2) is 0 Å². The van der Waals surface area contributed by atoms with E-state index in [0.717, 1.165) is 0 Å². The Hall–Kier alpha value is -1.34. The van der Waals surface area contributed by atoms with Crippen LogP contribution in [-0.2, 0) is 9.53 Å². The first-order valence-electron chi connectivity index (χ1n) is 8.32. The lowest BCUT2D eigenvalue weighted by molar-refractivity contribution is -0.137. The average Bonchev–Trinajstić information content (AvgIpc) is 2.40. The molecule has 142 valence electrons. The smallest absolute Gasteiger partial charge is 0.410 e. The van der Waals surface area contributed by atoms with Crippen molar-refractivity contribution in [1.82, 2.24) is 9.80 Å². The van der Waals surface area contributed by atoms with E-state index in [9.17, 15) is 14.7 Å². The van der Waals surface area contributed by atoms with Crippen molar-refractivity contribution in [2.45, 2.75) is 71.1 Å². The van der Waals surface area contributed by atoms with Gasteiger partial charge >= 0.3 is 6.09 Å². The fraction of sp³-hybridized carbons (Fsp3) is 0.882. The van der Waals surface area contributed by atoms with Crippen LogP contribution in [-0.4, -0.2) is 76.5 Å². The van der Waals surface area contributed by atoms with Crippen LogP contribution in [0.1, 0.15) is 53.9 Å². The largest absolute Gasteiger partial charge is 0.444 e. The van der Waals surface area contributed by atoms with Gasteiger partial charge in [-0.05, 0) is 47.5 Å². The lowest BCUT2D eigenvalue weighted by Gasteiger charge is -2.35. The van der Waals surface area contributed by atoms with Crippen LogP contribution in [0, 0.1) is 0 Å². The second-order valence-corrected chi connectivity index (χ2v) is 7.81. The van der Waals surface area contributed by atoms with Crippen LogP contribution in [0.4, 0.5) is 4.79 Å². The average molecular weight is 346 g/mol. The van der Waals surface area contributed by atoms with E-state index in [-0.39, 0.29) is 18.9 Å². The molecule has 2 N–H and O–H groups in total. The van der Waals surface area contributed by atoms with Crippen LogP contribution >= 0.6 is 0 Å². The fourth-order valence-electron chi connectivity index (χ4n) is 2.15. The number of hydrogen-bond acceptors (Lipinski definition) is 5. The summed E-state index contributed by atoms with van der Waals surface area (Å²) in [7, 11) is 3.16. The Morgan fingerprint density at radius 1 is 1.08 bits per heavy atom. The molecular formula is C17H34N2O5. The Bertz CT molecular complexity index is 412. The normalized spacial score (nSPS) is 13.4. The molecule has 7 heteroatoms. The summed E-state index contributed by atoms with van der Waals surface area (Å²) < 4.78 is 5.32. The van der Waals surface area contributed by atoms with E-state index in [0.29, 0.717) is 19.4 Å². The Morgan fingerprint density at radius 2 is 1.62 bits per heavy atom. The lowest BCUT2D eigenvalue weighted by atomic mass is 9.97. The van der Waals surface area contributed by atoms with E-state index in [1.807, 2.05) is 0 Å². The monoisotopic (exact) mass is 346 g/mol. The number of amides is 2. The van der Waals surface area contributed by atoms with Gasteiger partial charge in [0.25, 0.3) is 0 Å². The van der Waals surface area contributed by atoms with Gasteiger partial charge in [0.15, 0.2) is 0 Å². The number of carbonyl (C=O) groups is 2. The van der Waals surface area contributed by atoms with E-state index < -0.39 is 23.3 Å². The number of nitrogens with zero attached hydrogens (tertiary/aromatic N) is 2. The first-order chi connectivity index (χ1) is 10.8. The van der Waals surface area contributed by atoms with Crippen molar-refractivity contribution in [2.75, 3.05) is 27.2 Å². The molecule has 0 aromatic rings. The van der Waals surface area contributed by atoms with Gasteiger partial charge in [0.2, 0.25) is 5.91 Å². The molecule has 0 aliphatic heterocycles. The molecule has 0 aliphatic rings. The summed E-state index contributed by atoms with van der Waals surface area (Å²) >= 11 is 0. The molecule has 0 heterocycles. The molecule has 0 rings (SSSR count). The SMILES string of the molecule is CN(CCCCO)C(=O)C(CC(C)(C)O)N(C)C(=O)OC(C)(C)C. The number of ether oxygens (including phenoxy) is 1. The second-order valence-electron chi connectivity index (χ2n) is 7.81. The van der Waals surface area contributed by atoms with Gasteiger partial charge in [-0.3, -0.25) is 9.69 Å². The molecular weight excluding hydrogens is 312 g/mol. The molecule has 1 atom stereocenters. The third-order valence-corrected chi connectivity index (χ3v) is 3.40.